The summed E-state index contributed by atoms with van der Waals surface area (Å²) in [4.78, 5) is 6.38. The van der Waals surface area contributed by atoms with Crippen LogP contribution in [-0.2, 0) is 0 Å². The molecule has 1 aromatic heterocycles. The van der Waals surface area contributed by atoms with Gasteiger partial charge in [0.15, 0.2) is 0 Å². The van der Waals surface area contributed by atoms with Gasteiger partial charge in [-0.3, -0.25) is 0 Å². The third-order valence-corrected chi connectivity index (χ3v) is 2.01. The van der Waals surface area contributed by atoms with E-state index in [1.807, 2.05) is 12.1 Å². The van der Waals surface area contributed by atoms with E-state index >= 15 is 0 Å². The number of rotatable bonds is 5. The Morgan fingerprint density at radius 3 is 2.67 bits per heavy atom. The SMILES string of the molecule is COc1ccc(NC(C)CN(C)C)nc1. The van der Waals surface area contributed by atoms with Gasteiger partial charge in [-0.15, -0.1) is 0 Å². The Morgan fingerprint density at radius 2 is 2.20 bits per heavy atom. The number of likely N-dealkylation sites (N-methyl/N-ethyl adjacent to an activating group) is 1. The first kappa shape index (κ1) is 11.8. The molecule has 1 rings (SSSR count). The largest absolute Gasteiger partial charge is 0.495 e. The molecule has 1 heterocycles. The lowest BCUT2D eigenvalue weighted by Crippen LogP contribution is -2.29. The second-order valence-corrected chi connectivity index (χ2v) is 3.89. The van der Waals surface area contributed by atoms with Crippen molar-refractivity contribution in [1.29, 1.82) is 0 Å². The van der Waals surface area contributed by atoms with Crippen LogP contribution < -0.4 is 10.1 Å². The van der Waals surface area contributed by atoms with Crippen LogP contribution >= 0.6 is 0 Å². The normalized spacial score (nSPS) is 12.6. The minimum absolute atomic E-state index is 0.376. The van der Waals surface area contributed by atoms with Gasteiger partial charge in [0.25, 0.3) is 0 Å². The zero-order chi connectivity index (χ0) is 11.3. The molecule has 0 fully saturated rings. The van der Waals surface area contributed by atoms with Gasteiger partial charge >= 0.3 is 0 Å². The summed E-state index contributed by atoms with van der Waals surface area (Å²) in [6.45, 7) is 3.11. The fraction of sp³-hybridized carbons (Fsp3) is 0.545. The molecule has 15 heavy (non-hydrogen) atoms. The van der Waals surface area contributed by atoms with Crippen LogP contribution in [0.5, 0.6) is 5.75 Å². The van der Waals surface area contributed by atoms with Gasteiger partial charge in [0.05, 0.1) is 13.3 Å². The second-order valence-electron chi connectivity index (χ2n) is 3.89. The lowest BCUT2D eigenvalue weighted by atomic mass is 10.3. The molecule has 0 amide bonds. The highest BCUT2D eigenvalue weighted by atomic mass is 16.5. The van der Waals surface area contributed by atoms with Crippen molar-refractivity contribution in [3.8, 4) is 5.75 Å². The van der Waals surface area contributed by atoms with Gasteiger partial charge in [-0.05, 0) is 33.2 Å². The molecule has 4 nitrogen and oxygen atoms in total. The third kappa shape index (κ3) is 4.16. The van der Waals surface area contributed by atoms with Crippen LogP contribution in [0.3, 0.4) is 0 Å². The Bertz CT molecular complexity index is 284. The molecular weight excluding hydrogens is 190 g/mol. The maximum absolute atomic E-state index is 5.04. The van der Waals surface area contributed by atoms with Gasteiger partial charge in [0.2, 0.25) is 0 Å². The van der Waals surface area contributed by atoms with Crippen LogP contribution in [0.4, 0.5) is 5.82 Å². The molecule has 0 saturated heterocycles. The topological polar surface area (TPSA) is 37.4 Å². The zero-order valence-corrected chi connectivity index (χ0v) is 9.82. The van der Waals surface area contributed by atoms with Gasteiger partial charge in [-0.1, -0.05) is 0 Å². The number of aromatic nitrogens is 1. The average molecular weight is 209 g/mol. The summed E-state index contributed by atoms with van der Waals surface area (Å²) in [7, 11) is 5.75. The van der Waals surface area contributed by atoms with Crippen molar-refractivity contribution in [2.75, 3.05) is 33.1 Å². The van der Waals surface area contributed by atoms with E-state index in [-0.39, 0.29) is 0 Å². The highest BCUT2D eigenvalue weighted by Gasteiger charge is 2.03. The fourth-order valence-electron chi connectivity index (χ4n) is 1.43. The average Bonchev–Trinajstić information content (AvgIpc) is 2.17. The van der Waals surface area contributed by atoms with Gasteiger partial charge in [0, 0.05) is 12.6 Å². The Kier molecular flexibility index (Phi) is 4.37. The van der Waals surface area contributed by atoms with Crippen molar-refractivity contribution in [3.05, 3.63) is 18.3 Å². The van der Waals surface area contributed by atoms with Crippen LogP contribution in [0.1, 0.15) is 6.92 Å². The molecule has 0 aliphatic rings. The number of pyridine rings is 1. The maximum atomic E-state index is 5.04. The smallest absolute Gasteiger partial charge is 0.137 e. The number of nitrogens with one attached hydrogen (secondary N) is 1. The monoisotopic (exact) mass is 209 g/mol. The summed E-state index contributed by atoms with van der Waals surface area (Å²) < 4.78 is 5.04. The standard InChI is InChI=1S/C11H19N3O/c1-9(8-14(2)3)13-11-6-5-10(15-4)7-12-11/h5-7,9H,8H2,1-4H3,(H,12,13). The predicted molar refractivity (Wildman–Crippen MR) is 62.4 cm³/mol. The molecule has 1 aromatic rings. The molecule has 0 bridgehead atoms. The summed E-state index contributed by atoms with van der Waals surface area (Å²) in [5.41, 5.74) is 0. The first-order chi connectivity index (χ1) is 7.11. The Balaban J connectivity index is 2.49. The summed E-state index contributed by atoms with van der Waals surface area (Å²) >= 11 is 0. The van der Waals surface area contributed by atoms with Gasteiger partial charge < -0.3 is 15.0 Å². The predicted octanol–water partition coefficient (Wildman–Crippen LogP) is 1.45. The van der Waals surface area contributed by atoms with Crippen LogP contribution in [0.15, 0.2) is 18.3 Å². The highest BCUT2D eigenvalue weighted by molar-refractivity contribution is 5.38. The lowest BCUT2D eigenvalue weighted by Gasteiger charge is -2.18. The van der Waals surface area contributed by atoms with Crippen molar-refractivity contribution in [2.24, 2.45) is 0 Å². The molecule has 0 spiro atoms. The number of anilines is 1. The summed E-state index contributed by atoms with van der Waals surface area (Å²) in [5, 5.41) is 3.32. The van der Waals surface area contributed by atoms with E-state index in [0.29, 0.717) is 6.04 Å². The first-order valence-corrected chi connectivity index (χ1v) is 5.03. The number of hydrogen-bond donors (Lipinski definition) is 1. The minimum atomic E-state index is 0.376. The van der Waals surface area contributed by atoms with E-state index in [2.05, 4.69) is 36.2 Å². The van der Waals surface area contributed by atoms with Crippen LogP contribution in [0.2, 0.25) is 0 Å². The number of methoxy groups -OCH3 is 1. The van der Waals surface area contributed by atoms with E-state index in [1.54, 1.807) is 13.3 Å². The molecule has 84 valence electrons. The maximum Gasteiger partial charge on any atom is 0.137 e. The number of ether oxygens (including phenoxy) is 1. The van der Waals surface area contributed by atoms with E-state index < -0.39 is 0 Å². The number of hydrogen-bond acceptors (Lipinski definition) is 4. The van der Waals surface area contributed by atoms with E-state index in [0.717, 1.165) is 18.1 Å². The van der Waals surface area contributed by atoms with Crippen molar-refractivity contribution in [1.82, 2.24) is 9.88 Å². The fourth-order valence-corrected chi connectivity index (χ4v) is 1.43. The summed E-state index contributed by atoms with van der Waals surface area (Å²) in [6, 6.07) is 4.20. The van der Waals surface area contributed by atoms with Gasteiger partial charge in [0.1, 0.15) is 11.6 Å². The molecule has 0 radical (unpaired) electrons. The van der Waals surface area contributed by atoms with Crippen molar-refractivity contribution in [2.45, 2.75) is 13.0 Å². The van der Waals surface area contributed by atoms with Crippen molar-refractivity contribution < 1.29 is 4.74 Å². The summed E-state index contributed by atoms with van der Waals surface area (Å²) in [5.74, 6) is 1.66. The summed E-state index contributed by atoms with van der Waals surface area (Å²) in [6.07, 6.45) is 1.71. The van der Waals surface area contributed by atoms with Gasteiger partial charge in [-0.25, -0.2) is 4.98 Å². The van der Waals surface area contributed by atoms with Crippen LogP contribution in [0, 0.1) is 0 Å². The zero-order valence-electron chi connectivity index (χ0n) is 9.82. The molecule has 1 atom stereocenters. The number of nitrogens with zero attached hydrogens (tertiary/aromatic N) is 2. The van der Waals surface area contributed by atoms with Gasteiger partial charge in [-0.2, -0.15) is 0 Å². The van der Waals surface area contributed by atoms with Crippen molar-refractivity contribution >= 4 is 5.82 Å². The quantitative estimate of drug-likeness (QED) is 0.796. The van der Waals surface area contributed by atoms with E-state index in [1.165, 1.54) is 0 Å². The molecular formula is C11H19N3O. The Morgan fingerprint density at radius 1 is 1.47 bits per heavy atom. The second kappa shape index (κ2) is 5.56. The van der Waals surface area contributed by atoms with Crippen LogP contribution in [-0.4, -0.2) is 43.7 Å². The molecule has 1 N–H and O–H groups in total. The highest BCUT2D eigenvalue weighted by Crippen LogP contribution is 2.11. The first-order valence-electron chi connectivity index (χ1n) is 5.03. The van der Waals surface area contributed by atoms with Crippen molar-refractivity contribution in [3.63, 3.8) is 0 Å². The molecule has 1 unspecified atom stereocenters. The molecule has 0 saturated carbocycles. The molecule has 0 aromatic carbocycles. The minimum Gasteiger partial charge on any atom is -0.495 e. The van der Waals surface area contributed by atoms with E-state index in [4.69, 9.17) is 4.74 Å². The third-order valence-electron chi connectivity index (χ3n) is 2.01. The molecule has 0 aliphatic heterocycles. The lowest BCUT2D eigenvalue weighted by molar-refractivity contribution is 0.391. The van der Waals surface area contributed by atoms with Crippen LogP contribution in [0.25, 0.3) is 0 Å². The Labute approximate surface area is 91.3 Å². The Hall–Kier alpha value is -1.29. The van der Waals surface area contributed by atoms with E-state index in [9.17, 15) is 0 Å². The molecule has 4 heteroatoms. The molecule has 0 aliphatic carbocycles.